The first kappa shape index (κ1) is 19.4. The highest BCUT2D eigenvalue weighted by molar-refractivity contribution is 6.39. The van der Waals surface area contributed by atoms with E-state index in [-0.39, 0.29) is 28.9 Å². The van der Waals surface area contributed by atoms with Crippen molar-refractivity contribution in [3.63, 3.8) is 0 Å². The average molecular weight is 364 g/mol. The standard InChI is InChI=1S/C23H28N2O2/c24-16-20(21-22(26)18-14-10-11-15-19(18)23(21)27)25-17-12-8-6-4-2-1-3-5-7-9-13-17/h10-11,14-15,17,26H,1-9,12-13H2. The molecule has 142 valence electrons. The SMILES string of the molecule is N#CC(=NC1CCCCCCCCCCC1)C1=C(O)c2ccccc2C1=O. The Morgan fingerprint density at radius 3 is 1.96 bits per heavy atom. The Morgan fingerprint density at radius 2 is 1.44 bits per heavy atom. The summed E-state index contributed by atoms with van der Waals surface area (Å²) in [7, 11) is 0. The molecule has 4 heteroatoms. The van der Waals surface area contributed by atoms with Crippen LogP contribution in [0.25, 0.3) is 5.76 Å². The van der Waals surface area contributed by atoms with Crippen LogP contribution in [0.5, 0.6) is 0 Å². The first-order valence-electron chi connectivity index (χ1n) is 10.3. The first-order chi connectivity index (χ1) is 13.2. The van der Waals surface area contributed by atoms with Crippen molar-refractivity contribution in [2.45, 2.75) is 76.7 Å². The van der Waals surface area contributed by atoms with E-state index in [0.717, 1.165) is 25.7 Å². The van der Waals surface area contributed by atoms with E-state index in [1.807, 2.05) is 0 Å². The molecule has 2 aliphatic carbocycles. The number of allylic oxidation sites excluding steroid dienone is 1. The van der Waals surface area contributed by atoms with Gasteiger partial charge in [-0.3, -0.25) is 9.79 Å². The maximum atomic E-state index is 12.7. The molecule has 0 radical (unpaired) electrons. The molecule has 3 rings (SSSR count). The van der Waals surface area contributed by atoms with Crippen LogP contribution in [-0.2, 0) is 0 Å². The van der Waals surface area contributed by atoms with E-state index in [0.29, 0.717) is 11.1 Å². The number of aliphatic hydroxyl groups is 1. The molecule has 0 heterocycles. The molecule has 0 aromatic heterocycles. The molecule has 1 saturated carbocycles. The second kappa shape index (κ2) is 9.50. The molecule has 0 atom stereocenters. The molecule has 0 bridgehead atoms. The zero-order valence-corrected chi connectivity index (χ0v) is 15.9. The van der Waals surface area contributed by atoms with Gasteiger partial charge in [-0.1, -0.05) is 82.1 Å². The number of rotatable bonds is 2. The highest BCUT2D eigenvalue weighted by atomic mass is 16.3. The summed E-state index contributed by atoms with van der Waals surface area (Å²) in [5, 5.41) is 20.2. The third-order valence-electron chi connectivity index (χ3n) is 5.62. The molecule has 1 aromatic rings. The summed E-state index contributed by atoms with van der Waals surface area (Å²) in [5.74, 6) is -0.402. The summed E-state index contributed by atoms with van der Waals surface area (Å²) in [6.07, 6.45) is 13.0. The quantitative estimate of drug-likeness (QED) is 0.675. The van der Waals surface area contributed by atoms with Crippen LogP contribution in [0.3, 0.4) is 0 Å². The second-order valence-corrected chi connectivity index (χ2v) is 7.60. The van der Waals surface area contributed by atoms with Gasteiger partial charge in [0.15, 0.2) is 5.78 Å². The van der Waals surface area contributed by atoms with Crippen LogP contribution in [0.2, 0.25) is 0 Å². The summed E-state index contributed by atoms with van der Waals surface area (Å²) in [6.45, 7) is 0. The Balaban J connectivity index is 1.81. The number of benzene rings is 1. The van der Waals surface area contributed by atoms with Gasteiger partial charge in [-0.2, -0.15) is 5.26 Å². The number of carbonyl (C=O) groups is 1. The van der Waals surface area contributed by atoms with Crippen molar-refractivity contribution in [3.05, 3.63) is 41.0 Å². The van der Waals surface area contributed by atoms with Gasteiger partial charge >= 0.3 is 0 Å². The molecule has 0 amide bonds. The lowest BCUT2D eigenvalue weighted by molar-refractivity contribution is 0.104. The monoisotopic (exact) mass is 364 g/mol. The lowest BCUT2D eigenvalue weighted by atomic mass is 9.97. The lowest BCUT2D eigenvalue weighted by Gasteiger charge is -2.15. The van der Waals surface area contributed by atoms with Gasteiger partial charge in [0, 0.05) is 11.1 Å². The summed E-state index contributed by atoms with van der Waals surface area (Å²) in [5.41, 5.74) is 1.11. The summed E-state index contributed by atoms with van der Waals surface area (Å²) in [6, 6.07) is 9.08. The molecule has 0 aliphatic heterocycles. The van der Waals surface area contributed by atoms with Gasteiger partial charge < -0.3 is 5.11 Å². The van der Waals surface area contributed by atoms with Crippen molar-refractivity contribution in [3.8, 4) is 6.07 Å². The number of aliphatic hydroxyl groups excluding tert-OH is 1. The minimum atomic E-state index is -0.295. The van der Waals surface area contributed by atoms with Crippen LogP contribution in [0.15, 0.2) is 34.8 Å². The number of nitrogens with zero attached hydrogens (tertiary/aromatic N) is 2. The predicted octanol–water partition coefficient (Wildman–Crippen LogP) is 5.79. The van der Waals surface area contributed by atoms with E-state index in [9.17, 15) is 15.2 Å². The maximum absolute atomic E-state index is 12.7. The van der Waals surface area contributed by atoms with Gasteiger partial charge in [0.2, 0.25) is 0 Å². The summed E-state index contributed by atoms with van der Waals surface area (Å²) < 4.78 is 0. The van der Waals surface area contributed by atoms with Crippen molar-refractivity contribution in [2.75, 3.05) is 0 Å². The predicted molar refractivity (Wildman–Crippen MR) is 108 cm³/mol. The summed E-state index contributed by atoms with van der Waals surface area (Å²) >= 11 is 0. The van der Waals surface area contributed by atoms with E-state index in [4.69, 9.17) is 0 Å². The minimum Gasteiger partial charge on any atom is -0.506 e. The highest BCUT2D eigenvalue weighted by Gasteiger charge is 2.33. The van der Waals surface area contributed by atoms with Crippen LogP contribution >= 0.6 is 0 Å². The largest absolute Gasteiger partial charge is 0.506 e. The maximum Gasteiger partial charge on any atom is 0.200 e. The van der Waals surface area contributed by atoms with Crippen molar-refractivity contribution in [1.29, 1.82) is 5.26 Å². The third kappa shape index (κ3) is 4.66. The van der Waals surface area contributed by atoms with Crippen molar-refractivity contribution >= 4 is 17.3 Å². The van der Waals surface area contributed by atoms with Crippen LogP contribution < -0.4 is 0 Å². The molecule has 1 fully saturated rings. The van der Waals surface area contributed by atoms with Crippen LogP contribution in [-0.4, -0.2) is 22.6 Å². The number of ketones is 1. The second-order valence-electron chi connectivity index (χ2n) is 7.60. The molecule has 2 aliphatic rings. The molecule has 4 nitrogen and oxygen atoms in total. The minimum absolute atomic E-state index is 0.0517. The van der Waals surface area contributed by atoms with Crippen molar-refractivity contribution in [2.24, 2.45) is 4.99 Å². The highest BCUT2D eigenvalue weighted by Crippen LogP contribution is 2.32. The van der Waals surface area contributed by atoms with Gasteiger partial charge in [0.25, 0.3) is 0 Å². The van der Waals surface area contributed by atoms with Crippen LogP contribution in [0.1, 0.15) is 86.6 Å². The number of nitriles is 1. The van der Waals surface area contributed by atoms with E-state index >= 15 is 0 Å². The Morgan fingerprint density at radius 1 is 0.926 bits per heavy atom. The van der Waals surface area contributed by atoms with Crippen molar-refractivity contribution in [1.82, 2.24) is 0 Å². The smallest absolute Gasteiger partial charge is 0.200 e. The lowest BCUT2D eigenvalue weighted by Crippen LogP contribution is -2.14. The Bertz CT molecular complexity index is 774. The Labute approximate surface area is 161 Å². The number of carbonyl (C=O) groups excluding carboxylic acids is 1. The van der Waals surface area contributed by atoms with Gasteiger partial charge in [-0.15, -0.1) is 0 Å². The molecule has 1 N–H and O–H groups in total. The fraction of sp³-hybridized carbons (Fsp3) is 0.522. The Hall–Kier alpha value is -2.41. The van der Waals surface area contributed by atoms with E-state index in [1.165, 1.54) is 44.9 Å². The average Bonchev–Trinajstić information content (AvgIpc) is 2.93. The molecule has 1 aromatic carbocycles. The Kier molecular flexibility index (Phi) is 6.81. The molecular formula is C23H28N2O2. The van der Waals surface area contributed by atoms with E-state index in [1.54, 1.807) is 24.3 Å². The van der Waals surface area contributed by atoms with Crippen LogP contribution in [0, 0.1) is 11.3 Å². The topological polar surface area (TPSA) is 73.4 Å². The zero-order chi connectivity index (χ0) is 19.1. The fourth-order valence-corrected chi connectivity index (χ4v) is 4.09. The number of Topliss-reactive ketones (excluding diaryl/α,β-unsaturated/α-hetero) is 1. The van der Waals surface area contributed by atoms with Gasteiger partial charge in [0.1, 0.15) is 23.1 Å². The normalized spacial score (nSPS) is 20.6. The number of fused-ring (bicyclic) bond motifs is 1. The zero-order valence-electron chi connectivity index (χ0n) is 15.9. The van der Waals surface area contributed by atoms with E-state index < -0.39 is 0 Å². The molecular weight excluding hydrogens is 336 g/mol. The van der Waals surface area contributed by atoms with Crippen molar-refractivity contribution < 1.29 is 9.90 Å². The molecule has 0 unspecified atom stereocenters. The number of hydrogen-bond acceptors (Lipinski definition) is 4. The number of aliphatic imine (C=N–C) groups is 1. The first-order valence-corrected chi connectivity index (χ1v) is 10.3. The van der Waals surface area contributed by atoms with Gasteiger partial charge in [-0.05, 0) is 12.8 Å². The number of hydrogen-bond donors (Lipinski definition) is 1. The molecule has 27 heavy (non-hydrogen) atoms. The third-order valence-corrected chi connectivity index (χ3v) is 5.62. The molecule has 0 spiro atoms. The van der Waals surface area contributed by atoms with E-state index in [2.05, 4.69) is 11.1 Å². The summed E-state index contributed by atoms with van der Waals surface area (Å²) in [4.78, 5) is 17.4. The fourth-order valence-electron chi connectivity index (χ4n) is 4.09. The molecule has 0 saturated heterocycles. The van der Waals surface area contributed by atoms with Gasteiger partial charge in [0.05, 0.1) is 6.04 Å². The van der Waals surface area contributed by atoms with Gasteiger partial charge in [-0.25, -0.2) is 0 Å². The van der Waals surface area contributed by atoms with Crippen LogP contribution in [0.4, 0.5) is 0 Å².